The topological polar surface area (TPSA) is 95.1 Å². The zero-order chi connectivity index (χ0) is 14.6. The molecular formula is C13H21N3O3. The van der Waals surface area contributed by atoms with Gasteiger partial charge in [-0.15, -0.1) is 0 Å². The van der Waals surface area contributed by atoms with E-state index in [1.165, 1.54) is 0 Å². The van der Waals surface area contributed by atoms with Gasteiger partial charge in [0.25, 0.3) is 0 Å². The predicted molar refractivity (Wildman–Crippen MR) is 72.0 cm³/mol. The van der Waals surface area contributed by atoms with Gasteiger partial charge in [0, 0.05) is 29.1 Å². The minimum Gasteiger partial charge on any atom is -0.396 e. The van der Waals surface area contributed by atoms with Gasteiger partial charge >= 0.3 is 5.69 Å². The average molecular weight is 267 g/mol. The molecule has 0 aliphatic carbocycles. The van der Waals surface area contributed by atoms with E-state index in [2.05, 4.69) is 15.3 Å². The molecule has 0 aromatic carbocycles. The Morgan fingerprint density at radius 2 is 2.05 bits per heavy atom. The fraction of sp³-hybridized carbons (Fsp3) is 0.615. The first-order valence-corrected chi connectivity index (χ1v) is 6.23. The molecule has 0 radical (unpaired) electrons. The van der Waals surface area contributed by atoms with Crippen molar-refractivity contribution in [1.82, 2.24) is 15.3 Å². The maximum absolute atomic E-state index is 12.0. The molecule has 1 amide bonds. The minimum atomic E-state index is -0.455. The van der Waals surface area contributed by atoms with Crippen molar-refractivity contribution in [3.05, 3.63) is 27.4 Å². The second-order valence-corrected chi connectivity index (χ2v) is 5.31. The summed E-state index contributed by atoms with van der Waals surface area (Å²) in [5.41, 5.74) is 1.10. The zero-order valence-electron chi connectivity index (χ0n) is 11.8. The van der Waals surface area contributed by atoms with Crippen molar-refractivity contribution in [1.29, 1.82) is 0 Å². The van der Waals surface area contributed by atoms with Crippen molar-refractivity contribution in [3.63, 3.8) is 0 Å². The molecule has 106 valence electrons. The number of nitrogens with one attached hydrogen (secondary N) is 2. The van der Waals surface area contributed by atoms with Crippen LogP contribution in [0.25, 0.3) is 0 Å². The lowest BCUT2D eigenvalue weighted by atomic mass is 10.00. The molecule has 1 aromatic heterocycles. The summed E-state index contributed by atoms with van der Waals surface area (Å²) in [6.45, 7) is 7.19. The van der Waals surface area contributed by atoms with E-state index in [0.717, 1.165) is 5.56 Å². The quantitative estimate of drug-likeness (QED) is 0.710. The molecule has 0 saturated heterocycles. The van der Waals surface area contributed by atoms with E-state index in [1.54, 1.807) is 13.8 Å². The molecule has 0 fully saturated rings. The molecule has 1 rings (SSSR count). The fourth-order valence-corrected chi connectivity index (χ4v) is 1.94. The number of nitrogens with zero attached hydrogens (tertiary/aromatic N) is 1. The number of H-pyrrole nitrogens is 1. The zero-order valence-corrected chi connectivity index (χ0v) is 11.8. The average Bonchev–Trinajstić information content (AvgIpc) is 2.22. The van der Waals surface area contributed by atoms with Gasteiger partial charge in [-0.25, -0.2) is 4.79 Å². The molecule has 6 nitrogen and oxygen atoms in total. The molecule has 1 aromatic rings. The number of carbonyl (C=O) groups excluding carboxylic acids is 1. The molecule has 0 atom stereocenters. The smallest absolute Gasteiger partial charge is 0.345 e. The molecule has 0 spiro atoms. The van der Waals surface area contributed by atoms with Crippen molar-refractivity contribution >= 4 is 5.91 Å². The highest BCUT2D eigenvalue weighted by atomic mass is 16.3. The van der Waals surface area contributed by atoms with Crippen LogP contribution in [0.2, 0.25) is 0 Å². The van der Waals surface area contributed by atoms with Crippen molar-refractivity contribution in [3.8, 4) is 0 Å². The van der Waals surface area contributed by atoms with E-state index in [0.29, 0.717) is 17.8 Å². The van der Waals surface area contributed by atoms with Crippen LogP contribution in [-0.4, -0.2) is 33.1 Å². The Hall–Kier alpha value is -1.69. The number of aliphatic hydroxyl groups excluding tert-OH is 1. The second kappa shape index (κ2) is 5.97. The van der Waals surface area contributed by atoms with Gasteiger partial charge in [0.1, 0.15) is 0 Å². The lowest BCUT2D eigenvalue weighted by Gasteiger charge is -2.25. The number of amides is 1. The van der Waals surface area contributed by atoms with Crippen LogP contribution in [0.3, 0.4) is 0 Å². The Morgan fingerprint density at radius 1 is 1.42 bits per heavy atom. The number of aliphatic hydroxyl groups is 1. The summed E-state index contributed by atoms with van der Waals surface area (Å²) < 4.78 is 0. The van der Waals surface area contributed by atoms with E-state index in [-0.39, 0.29) is 18.9 Å². The Morgan fingerprint density at radius 3 is 2.58 bits per heavy atom. The summed E-state index contributed by atoms with van der Waals surface area (Å²) >= 11 is 0. The first kappa shape index (κ1) is 15.4. The number of hydrogen-bond acceptors (Lipinski definition) is 4. The van der Waals surface area contributed by atoms with Crippen LogP contribution in [0.15, 0.2) is 4.79 Å². The number of carbonyl (C=O) groups is 1. The maximum atomic E-state index is 12.0. The molecule has 6 heteroatoms. The second-order valence-electron chi connectivity index (χ2n) is 5.31. The summed E-state index contributed by atoms with van der Waals surface area (Å²) in [6, 6.07) is 0. The van der Waals surface area contributed by atoms with Gasteiger partial charge in [-0.05, 0) is 34.1 Å². The monoisotopic (exact) mass is 267 g/mol. The van der Waals surface area contributed by atoms with Crippen LogP contribution < -0.4 is 11.0 Å². The summed E-state index contributed by atoms with van der Waals surface area (Å²) in [6.07, 6.45) is 0.650. The van der Waals surface area contributed by atoms with Gasteiger partial charge in [0.15, 0.2) is 0 Å². The Labute approximate surface area is 112 Å². The van der Waals surface area contributed by atoms with Crippen LogP contribution in [0.4, 0.5) is 0 Å². The standard InChI is InChI=1S/C13H21N3O3/c1-8-10(9(2)15-12(19)14-8)7-11(18)16-13(3,4)5-6-17/h17H,5-7H2,1-4H3,(H,16,18)(H,14,15,19). The largest absolute Gasteiger partial charge is 0.396 e. The van der Waals surface area contributed by atoms with Gasteiger partial charge in [-0.3, -0.25) is 4.79 Å². The van der Waals surface area contributed by atoms with Gasteiger partial charge in [0.05, 0.1) is 6.42 Å². The van der Waals surface area contributed by atoms with Gasteiger partial charge in [0.2, 0.25) is 5.91 Å². The molecule has 0 bridgehead atoms. The Balaban J connectivity index is 2.81. The molecule has 3 N–H and O–H groups in total. The van der Waals surface area contributed by atoms with E-state index < -0.39 is 11.2 Å². The number of hydrogen-bond donors (Lipinski definition) is 3. The molecule has 0 aliphatic heterocycles. The molecule has 19 heavy (non-hydrogen) atoms. The van der Waals surface area contributed by atoms with E-state index in [4.69, 9.17) is 5.11 Å². The lowest BCUT2D eigenvalue weighted by Crippen LogP contribution is -2.45. The number of aromatic nitrogens is 2. The van der Waals surface area contributed by atoms with Crippen LogP contribution in [0, 0.1) is 13.8 Å². The summed E-state index contributed by atoms with van der Waals surface area (Å²) in [5.74, 6) is -0.154. The molecule has 0 saturated carbocycles. The maximum Gasteiger partial charge on any atom is 0.345 e. The van der Waals surface area contributed by atoms with Gasteiger partial charge < -0.3 is 15.4 Å². The van der Waals surface area contributed by atoms with Crippen LogP contribution in [-0.2, 0) is 11.2 Å². The van der Waals surface area contributed by atoms with Crippen LogP contribution in [0.1, 0.15) is 37.2 Å². The molecule has 0 aliphatic rings. The number of aryl methyl sites for hydroxylation is 2. The van der Waals surface area contributed by atoms with Crippen LogP contribution in [0.5, 0.6) is 0 Å². The third-order valence-electron chi connectivity index (χ3n) is 3.01. The van der Waals surface area contributed by atoms with Crippen molar-refractivity contribution in [2.45, 2.75) is 46.1 Å². The van der Waals surface area contributed by atoms with Crippen molar-refractivity contribution in [2.75, 3.05) is 6.61 Å². The third kappa shape index (κ3) is 4.48. The highest BCUT2D eigenvalue weighted by Gasteiger charge is 2.20. The van der Waals surface area contributed by atoms with Crippen molar-refractivity contribution in [2.24, 2.45) is 0 Å². The third-order valence-corrected chi connectivity index (χ3v) is 3.01. The lowest BCUT2D eigenvalue weighted by molar-refractivity contribution is -0.122. The van der Waals surface area contributed by atoms with Gasteiger partial charge in [-0.2, -0.15) is 4.98 Å². The summed E-state index contributed by atoms with van der Waals surface area (Å²) in [7, 11) is 0. The summed E-state index contributed by atoms with van der Waals surface area (Å²) in [5, 5.41) is 11.8. The highest BCUT2D eigenvalue weighted by Crippen LogP contribution is 2.11. The number of aromatic amines is 1. The van der Waals surface area contributed by atoms with E-state index >= 15 is 0 Å². The fourth-order valence-electron chi connectivity index (χ4n) is 1.94. The molecule has 1 heterocycles. The van der Waals surface area contributed by atoms with Crippen molar-refractivity contribution < 1.29 is 9.90 Å². The Kier molecular flexibility index (Phi) is 4.83. The summed E-state index contributed by atoms with van der Waals surface area (Å²) in [4.78, 5) is 29.5. The molecule has 0 unspecified atom stereocenters. The Bertz CT molecular complexity index is 494. The van der Waals surface area contributed by atoms with Gasteiger partial charge in [-0.1, -0.05) is 0 Å². The van der Waals surface area contributed by atoms with Crippen LogP contribution >= 0.6 is 0 Å². The minimum absolute atomic E-state index is 0.0194. The predicted octanol–water partition coefficient (Wildman–Crippen LogP) is 0.206. The van der Waals surface area contributed by atoms with E-state index in [1.807, 2.05) is 13.8 Å². The first-order valence-electron chi connectivity index (χ1n) is 6.23. The van der Waals surface area contributed by atoms with E-state index in [9.17, 15) is 9.59 Å². The normalized spacial score (nSPS) is 11.4. The number of rotatable bonds is 5. The SMILES string of the molecule is Cc1nc(=O)[nH]c(C)c1CC(=O)NC(C)(C)CCO. The molecular weight excluding hydrogens is 246 g/mol. The first-order chi connectivity index (χ1) is 8.75. The highest BCUT2D eigenvalue weighted by molar-refractivity contribution is 5.79.